The van der Waals surface area contributed by atoms with Crippen LogP contribution in [0.25, 0.3) is 0 Å². The van der Waals surface area contributed by atoms with Gasteiger partial charge in [-0.2, -0.15) is 10.1 Å². The normalized spacial score (nSPS) is 17.7. The van der Waals surface area contributed by atoms with E-state index >= 15 is 0 Å². The summed E-state index contributed by atoms with van der Waals surface area (Å²) >= 11 is 0. The number of piperazine rings is 1. The van der Waals surface area contributed by atoms with E-state index < -0.39 is 0 Å². The lowest BCUT2D eigenvalue weighted by atomic mass is 10.2. The summed E-state index contributed by atoms with van der Waals surface area (Å²) in [5, 5.41) is 11.5. The molecule has 0 amide bonds. The van der Waals surface area contributed by atoms with E-state index in [1.807, 2.05) is 12.1 Å². The number of aromatic nitrogens is 3. The van der Waals surface area contributed by atoms with Crippen molar-refractivity contribution in [1.82, 2.24) is 15.2 Å². The quantitative estimate of drug-likeness (QED) is 0.898. The second kappa shape index (κ2) is 6.51. The van der Waals surface area contributed by atoms with E-state index in [1.54, 1.807) is 13.3 Å². The molecule has 126 valence electrons. The zero-order valence-corrected chi connectivity index (χ0v) is 13.9. The van der Waals surface area contributed by atoms with Gasteiger partial charge in [-0.1, -0.05) is 0 Å². The van der Waals surface area contributed by atoms with Gasteiger partial charge in [0.25, 0.3) is 0 Å². The highest BCUT2D eigenvalue weighted by atomic mass is 16.5. The van der Waals surface area contributed by atoms with Gasteiger partial charge in [-0.15, -0.1) is 5.10 Å². The molecule has 0 atom stereocenters. The maximum atomic E-state index is 5.22. The van der Waals surface area contributed by atoms with Gasteiger partial charge in [-0.05, 0) is 37.1 Å². The molecule has 1 aliphatic carbocycles. The molecule has 2 aromatic rings. The minimum atomic E-state index is 0.536. The van der Waals surface area contributed by atoms with Crippen LogP contribution in [0.15, 0.2) is 30.5 Å². The van der Waals surface area contributed by atoms with Crippen molar-refractivity contribution in [3.8, 4) is 5.75 Å². The van der Waals surface area contributed by atoms with Crippen LogP contribution in [0.4, 0.5) is 17.5 Å². The number of anilines is 3. The maximum absolute atomic E-state index is 5.22. The smallest absolute Gasteiger partial charge is 0.244 e. The highest BCUT2D eigenvalue weighted by molar-refractivity contribution is 5.51. The van der Waals surface area contributed by atoms with Crippen LogP contribution in [0, 0.1) is 0 Å². The van der Waals surface area contributed by atoms with E-state index in [0.717, 1.165) is 37.7 Å². The summed E-state index contributed by atoms with van der Waals surface area (Å²) in [6.07, 6.45) is 4.16. The molecule has 0 unspecified atom stereocenters. The van der Waals surface area contributed by atoms with Gasteiger partial charge in [0.1, 0.15) is 5.75 Å². The number of nitrogens with one attached hydrogen (secondary N) is 1. The van der Waals surface area contributed by atoms with E-state index in [9.17, 15) is 0 Å². The van der Waals surface area contributed by atoms with Crippen molar-refractivity contribution in [2.75, 3.05) is 48.4 Å². The zero-order chi connectivity index (χ0) is 16.4. The SMILES string of the molecule is COc1ccc(N2CCN(c3cnnc(NC4CC4)n3)CC2)cc1. The van der Waals surface area contributed by atoms with Crippen LogP contribution in [0.3, 0.4) is 0 Å². The molecule has 1 aliphatic heterocycles. The Bertz CT molecular complexity index is 680. The fourth-order valence-corrected chi connectivity index (χ4v) is 2.91. The lowest BCUT2D eigenvalue weighted by Crippen LogP contribution is -2.47. The predicted octanol–water partition coefficient (Wildman–Crippen LogP) is 1.78. The van der Waals surface area contributed by atoms with Gasteiger partial charge in [0, 0.05) is 37.9 Å². The summed E-state index contributed by atoms with van der Waals surface area (Å²) < 4.78 is 5.22. The lowest BCUT2D eigenvalue weighted by molar-refractivity contribution is 0.415. The first-order valence-electron chi connectivity index (χ1n) is 8.42. The van der Waals surface area contributed by atoms with Gasteiger partial charge in [-0.25, -0.2) is 0 Å². The van der Waals surface area contributed by atoms with E-state index in [4.69, 9.17) is 4.74 Å². The summed E-state index contributed by atoms with van der Waals surface area (Å²) in [5.74, 6) is 2.44. The molecular formula is C17H22N6O. The molecule has 7 heteroatoms. The van der Waals surface area contributed by atoms with Gasteiger partial charge >= 0.3 is 0 Å². The largest absolute Gasteiger partial charge is 0.497 e. The third kappa shape index (κ3) is 3.34. The highest BCUT2D eigenvalue weighted by Crippen LogP contribution is 2.24. The second-order valence-electron chi connectivity index (χ2n) is 6.23. The molecule has 2 fully saturated rings. The summed E-state index contributed by atoms with van der Waals surface area (Å²) in [4.78, 5) is 9.26. The van der Waals surface area contributed by atoms with E-state index in [2.05, 4.69) is 42.4 Å². The number of nitrogens with zero attached hydrogens (tertiary/aromatic N) is 5. The number of hydrogen-bond acceptors (Lipinski definition) is 7. The molecule has 1 N–H and O–H groups in total. The zero-order valence-electron chi connectivity index (χ0n) is 13.9. The molecule has 0 radical (unpaired) electrons. The van der Waals surface area contributed by atoms with Crippen LogP contribution >= 0.6 is 0 Å². The van der Waals surface area contributed by atoms with Gasteiger partial charge in [0.05, 0.1) is 13.3 Å². The van der Waals surface area contributed by atoms with Crippen molar-refractivity contribution >= 4 is 17.5 Å². The number of rotatable bonds is 5. The standard InChI is InChI=1S/C17H22N6O/c1-24-15-6-4-14(5-7-15)22-8-10-23(11-9-22)16-12-18-21-17(20-16)19-13-2-3-13/h4-7,12-13H,2-3,8-11H2,1H3,(H,19,20,21). The Balaban J connectivity index is 1.38. The molecule has 4 rings (SSSR count). The number of methoxy groups -OCH3 is 1. The Morgan fingerprint density at radius 1 is 1.04 bits per heavy atom. The van der Waals surface area contributed by atoms with E-state index in [0.29, 0.717) is 12.0 Å². The molecule has 1 aromatic carbocycles. The van der Waals surface area contributed by atoms with Crippen LogP contribution in [0.2, 0.25) is 0 Å². The summed E-state index contributed by atoms with van der Waals surface area (Å²) in [5.41, 5.74) is 1.23. The number of hydrogen-bond donors (Lipinski definition) is 1. The molecule has 2 heterocycles. The van der Waals surface area contributed by atoms with Gasteiger partial charge in [0.2, 0.25) is 5.95 Å². The topological polar surface area (TPSA) is 66.4 Å². The van der Waals surface area contributed by atoms with Gasteiger partial charge in [-0.3, -0.25) is 0 Å². The first-order chi connectivity index (χ1) is 11.8. The fourth-order valence-electron chi connectivity index (χ4n) is 2.91. The third-order valence-corrected chi connectivity index (χ3v) is 4.50. The number of benzene rings is 1. The Morgan fingerprint density at radius 3 is 2.42 bits per heavy atom. The van der Waals surface area contributed by atoms with Crippen molar-refractivity contribution in [2.45, 2.75) is 18.9 Å². The first-order valence-corrected chi connectivity index (χ1v) is 8.42. The molecule has 0 bridgehead atoms. The molecule has 2 aliphatic rings. The fraction of sp³-hybridized carbons (Fsp3) is 0.471. The summed E-state index contributed by atoms with van der Waals surface area (Å²) in [6.45, 7) is 3.77. The van der Waals surface area contributed by atoms with Gasteiger partial charge < -0.3 is 19.9 Å². The molecule has 1 saturated heterocycles. The molecule has 1 aromatic heterocycles. The monoisotopic (exact) mass is 326 g/mol. The Kier molecular flexibility index (Phi) is 4.06. The number of ether oxygens (including phenoxy) is 1. The highest BCUT2D eigenvalue weighted by Gasteiger charge is 2.23. The van der Waals surface area contributed by atoms with Crippen LogP contribution in [-0.2, 0) is 0 Å². The minimum absolute atomic E-state index is 0.536. The van der Waals surface area contributed by atoms with Crippen LogP contribution in [0.5, 0.6) is 5.75 Å². The lowest BCUT2D eigenvalue weighted by Gasteiger charge is -2.36. The summed E-state index contributed by atoms with van der Waals surface area (Å²) in [7, 11) is 1.69. The van der Waals surface area contributed by atoms with Crippen molar-refractivity contribution in [3.05, 3.63) is 30.5 Å². The predicted molar refractivity (Wildman–Crippen MR) is 93.9 cm³/mol. The Labute approximate surface area is 141 Å². The van der Waals surface area contributed by atoms with Crippen LogP contribution in [-0.4, -0.2) is 54.5 Å². The third-order valence-electron chi connectivity index (χ3n) is 4.50. The Morgan fingerprint density at radius 2 is 1.75 bits per heavy atom. The maximum Gasteiger partial charge on any atom is 0.244 e. The second-order valence-corrected chi connectivity index (χ2v) is 6.23. The Hall–Kier alpha value is -2.57. The molecule has 24 heavy (non-hydrogen) atoms. The average molecular weight is 326 g/mol. The summed E-state index contributed by atoms with van der Waals surface area (Å²) in [6, 6.07) is 8.77. The van der Waals surface area contributed by atoms with Crippen molar-refractivity contribution < 1.29 is 4.74 Å². The molecule has 0 spiro atoms. The van der Waals surface area contributed by atoms with Crippen molar-refractivity contribution in [2.24, 2.45) is 0 Å². The average Bonchev–Trinajstić information content (AvgIpc) is 3.46. The van der Waals surface area contributed by atoms with E-state index in [-0.39, 0.29) is 0 Å². The molecule has 7 nitrogen and oxygen atoms in total. The van der Waals surface area contributed by atoms with Crippen molar-refractivity contribution in [1.29, 1.82) is 0 Å². The molecular weight excluding hydrogens is 304 g/mol. The van der Waals surface area contributed by atoms with E-state index in [1.165, 1.54) is 18.5 Å². The molecule has 1 saturated carbocycles. The van der Waals surface area contributed by atoms with Crippen molar-refractivity contribution in [3.63, 3.8) is 0 Å². The van der Waals surface area contributed by atoms with Gasteiger partial charge in [0.15, 0.2) is 5.82 Å². The van der Waals surface area contributed by atoms with Crippen LogP contribution in [0.1, 0.15) is 12.8 Å². The van der Waals surface area contributed by atoms with Crippen LogP contribution < -0.4 is 19.9 Å². The minimum Gasteiger partial charge on any atom is -0.497 e. The first kappa shape index (κ1) is 15.0.